The average molecular weight is 217 g/mol. The van der Waals surface area contributed by atoms with Crippen LogP contribution in [0, 0.1) is 0 Å². The van der Waals surface area contributed by atoms with Gasteiger partial charge in [-0.05, 0) is 20.0 Å². The Bertz CT molecular complexity index is 437. The van der Waals surface area contributed by atoms with Crippen LogP contribution in [0.4, 0.5) is 0 Å². The maximum atomic E-state index is 4.37. The van der Waals surface area contributed by atoms with Gasteiger partial charge in [-0.3, -0.25) is 0 Å². The number of rotatable bonds is 4. The van der Waals surface area contributed by atoms with Crippen LogP contribution in [0.2, 0.25) is 0 Å². The lowest BCUT2D eigenvalue weighted by atomic mass is 10.2. The molecule has 16 heavy (non-hydrogen) atoms. The highest BCUT2D eigenvalue weighted by molar-refractivity contribution is 5.16. The molecule has 0 aromatic carbocycles. The van der Waals surface area contributed by atoms with Crippen molar-refractivity contribution in [2.24, 2.45) is 0 Å². The van der Waals surface area contributed by atoms with Gasteiger partial charge in [0.05, 0.1) is 5.69 Å². The monoisotopic (exact) mass is 217 g/mol. The molecule has 2 heterocycles. The molecule has 0 saturated heterocycles. The van der Waals surface area contributed by atoms with Gasteiger partial charge < -0.3 is 9.88 Å². The molecule has 0 bridgehead atoms. The van der Waals surface area contributed by atoms with Gasteiger partial charge in [-0.1, -0.05) is 0 Å². The first kappa shape index (κ1) is 10.8. The van der Waals surface area contributed by atoms with Crippen LogP contribution in [0.25, 0.3) is 0 Å². The van der Waals surface area contributed by atoms with E-state index >= 15 is 0 Å². The normalized spacial score (nSPS) is 12.6. The van der Waals surface area contributed by atoms with E-state index in [1.54, 1.807) is 12.5 Å². The smallest absolute Gasteiger partial charge is 0.132 e. The second-order valence-corrected chi connectivity index (χ2v) is 3.43. The van der Waals surface area contributed by atoms with Crippen molar-refractivity contribution in [1.29, 1.82) is 0 Å². The van der Waals surface area contributed by atoms with Crippen molar-refractivity contribution < 1.29 is 0 Å². The van der Waals surface area contributed by atoms with Crippen molar-refractivity contribution in [3.63, 3.8) is 0 Å². The Morgan fingerprint density at radius 1 is 1.38 bits per heavy atom. The van der Waals surface area contributed by atoms with Crippen LogP contribution >= 0.6 is 0 Å². The van der Waals surface area contributed by atoms with Crippen LogP contribution in [0.1, 0.15) is 24.5 Å². The van der Waals surface area contributed by atoms with Crippen LogP contribution in [-0.4, -0.2) is 26.6 Å². The maximum absolute atomic E-state index is 4.37. The number of aryl methyl sites for hydroxylation is 1. The summed E-state index contributed by atoms with van der Waals surface area (Å²) in [6, 6.07) is 1.91. The van der Waals surface area contributed by atoms with E-state index in [0.717, 1.165) is 18.1 Å². The maximum Gasteiger partial charge on any atom is 0.132 e. The standard InChI is InChI=1S/C11H15N5/c1-3-16-7-6-14-11(16)10(12-2)9-4-5-13-8-15-9/h4-8,10,12H,3H2,1-2H3. The molecule has 84 valence electrons. The predicted molar refractivity (Wildman–Crippen MR) is 60.8 cm³/mol. The van der Waals surface area contributed by atoms with Crippen LogP contribution in [-0.2, 0) is 6.54 Å². The Kier molecular flexibility index (Phi) is 3.26. The lowest BCUT2D eigenvalue weighted by Crippen LogP contribution is -2.22. The molecule has 0 spiro atoms. The first-order valence-corrected chi connectivity index (χ1v) is 5.31. The zero-order valence-corrected chi connectivity index (χ0v) is 9.46. The molecule has 1 unspecified atom stereocenters. The van der Waals surface area contributed by atoms with Crippen LogP contribution in [0.15, 0.2) is 31.0 Å². The molecule has 0 amide bonds. The van der Waals surface area contributed by atoms with E-state index in [2.05, 4.69) is 31.8 Å². The number of aromatic nitrogens is 4. The van der Waals surface area contributed by atoms with Gasteiger partial charge in [0.25, 0.3) is 0 Å². The van der Waals surface area contributed by atoms with E-state index in [-0.39, 0.29) is 6.04 Å². The van der Waals surface area contributed by atoms with Crippen molar-refractivity contribution in [2.75, 3.05) is 7.05 Å². The second kappa shape index (κ2) is 4.85. The molecule has 0 aliphatic rings. The molecular weight excluding hydrogens is 202 g/mol. The minimum atomic E-state index is 0.0120. The van der Waals surface area contributed by atoms with E-state index in [0.29, 0.717) is 0 Å². The quantitative estimate of drug-likeness (QED) is 0.830. The molecule has 5 heteroatoms. The Balaban J connectivity index is 2.37. The van der Waals surface area contributed by atoms with Crippen molar-refractivity contribution in [1.82, 2.24) is 24.8 Å². The Morgan fingerprint density at radius 2 is 2.25 bits per heavy atom. The molecule has 0 aliphatic carbocycles. The van der Waals surface area contributed by atoms with Gasteiger partial charge in [0.2, 0.25) is 0 Å². The minimum Gasteiger partial charge on any atom is -0.334 e. The molecule has 2 aromatic heterocycles. The number of imidazole rings is 1. The molecule has 0 saturated carbocycles. The van der Waals surface area contributed by atoms with Gasteiger partial charge in [0.15, 0.2) is 0 Å². The minimum absolute atomic E-state index is 0.0120. The van der Waals surface area contributed by atoms with Gasteiger partial charge in [0.1, 0.15) is 18.2 Å². The van der Waals surface area contributed by atoms with Gasteiger partial charge in [-0.15, -0.1) is 0 Å². The Labute approximate surface area is 94.6 Å². The lowest BCUT2D eigenvalue weighted by molar-refractivity contribution is 0.578. The van der Waals surface area contributed by atoms with E-state index < -0.39 is 0 Å². The Morgan fingerprint density at radius 3 is 2.88 bits per heavy atom. The number of nitrogens with one attached hydrogen (secondary N) is 1. The molecule has 1 atom stereocenters. The summed E-state index contributed by atoms with van der Waals surface area (Å²) in [5, 5.41) is 3.22. The van der Waals surface area contributed by atoms with Crippen LogP contribution in [0.3, 0.4) is 0 Å². The fourth-order valence-electron chi connectivity index (χ4n) is 1.73. The lowest BCUT2D eigenvalue weighted by Gasteiger charge is -2.16. The summed E-state index contributed by atoms with van der Waals surface area (Å²) >= 11 is 0. The molecule has 0 aliphatic heterocycles. The fourth-order valence-corrected chi connectivity index (χ4v) is 1.73. The van der Waals surface area contributed by atoms with Gasteiger partial charge in [-0.2, -0.15) is 0 Å². The molecule has 1 N–H and O–H groups in total. The SMILES string of the molecule is CCn1ccnc1C(NC)c1ccncn1. The summed E-state index contributed by atoms with van der Waals surface area (Å²) in [6.45, 7) is 3.00. The highest BCUT2D eigenvalue weighted by Gasteiger charge is 2.17. The van der Waals surface area contributed by atoms with Gasteiger partial charge in [0, 0.05) is 25.1 Å². The number of nitrogens with zero attached hydrogens (tertiary/aromatic N) is 4. The van der Waals surface area contributed by atoms with Crippen molar-refractivity contribution in [3.05, 3.63) is 42.5 Å². The zero-order chi connectivity index (χ0) is 11.4. The van der Waals surface area contributed by atoms with E-state index in [1.165, 1.54) is 0 Å². The van der Waals surface area contributed by atoms with Crippen molar-refractivity contribution >= 4 is 0 Å². The predicted octanol–water partition coefficient (Wildman–Crippen LogP) is 1.00. The third kappa shape index (κ3) is 1.94. The second-order valence-electron chi connectivity index (χ2n) is 3.43. The van der Waals surface area contributed by atoms with Crippen LogP contribution in [0.5, 0.6) is 0 Å². The van der Waals surface area contributed by atoms with E-state index in [9.17, 15) is 0 Å². The molecule has 0 radical (unpaired) electrons. The highest BCUT2D eigenvalue weighted by Crippen LogP contribution is 2.17. The largest absolute Gasteiger partial charge is 0.334 e. The summed E-state index contributed by atoms with van der Waals surface area (Å²) in [7, 11) is 1.90. The molecule has 5 nitrogen and oxygen atoms in total. The molecule has 0 fully saturated rings. The summed E-state index contributed by atoms with van der Waals surface area (Å²) in [5.41, 5.74) is 0.929. The topological polar surface area (TPSA) is 55.6 Å². The summed E-state index contributed by atoms with van der Waals surface area (Å²) in [4.78, 5) is 12.5. The number of hydrogen-bond donors (Lipinski definition) is 1. The van der Waals surface area contributed by atoms with E-state index in [4.69, 9.17) is 0 Å². The first-order chi connectivity index (χ1) is 7.86. The fraction of sp³-hybridized carbons (Fsp3) is 0.364. The van der Waals surface area contributed by atoms with E-state index in [1.807, 2.05) is 25.5 Å². The summed E-state index contributed by atoms with van der Waals surface area (Å²) in [5.74, 6) is 0.976. The Hall–Kier alpha value is -1.75. The third-order valence-electron chi connectivity index (χ3n) is 2.54. The van der Waals surface area contributed by atoms with Gasteiger partial charge in [-0.25, -0.2) is 15.0 Å². The summed E-state index contributed by atoms with van der Waals surface area (Å²) in [6.07, 6.45) is 7.08. The molecule has 2 rings (SSSR count). The van der Waals surface area contributed by atoms with Gasteiger partial charge >= 0.3 is 0 Å². The van der Waals surface area contributed by atoms with Crippen molar-refractivity contribution in [3.8, 4) is 0 Å². The zero-order valence-electron chi connectivity index (χ0n) is 9.46. The molecular formula is C11H15N5. The third-order valence-corrected chi connectivity index (χ3v) is 2.54. The average Bonchev–Trinajstić information content (AvgIpc) is 2.80. The summed E-state index contributed by atoms with van der Waals surface area (Å²) < 4.78 is 2.10. The number of hydrogen-bond acceptors (Lipinski definition) is 4. The first-order valence-electron chi connectivity index (χ1n) is 5.31. The van der Waals surface area contributed by atoms with Crippen LogP contribution < -0.4 is 5.32 Å². The highest BCUT2D eigenvalue weighted by atomic mass is 15.1. The molecule has 2 aromatic rings. The van der Waals surface area contributed by atoms with Crippen molar-refractivity contribution in [2.45, 2.75) is 19.5 Å².